The molecule has 0 unspecified atom stereocenters. The number of nitro groups is 1. The highest BCUT2D eigenvalue weighted by atomic mass is 16.6. The number of methoxy groups -OCH3 is 1. The highest BCUT2D eigenvalue weighted by molar-refractivity contribution is 6.37. The number of benzene rings is 2. The van der Waals surface area contributed by atoms with Crippen molar-refractivity contribution in [2.24, 2.45) is 10.9 Å². The molecule has 0 heterocycles. The average molecular weight is 338 g/mol. The zero-order chi connectivity index (χ0) is 18.1. The summed E-state index contributed by atoms with van der Waals surface area (Å²) in [5, 5.41) is 11.0. The molecule has 2 aromatic carbocycles. The van der Waals surface area contributed by atoms with Crippen LogP contribution in [-0.2, 0) is 4.79 Å². The first-order valence-corrected chi connectivity index (χ1v) is 7.49. The average Bonchev–Trinajstić information content (AvgIpc) is 2.87. The monoisotopic (exact) mass is 338 g/mol. The molecule has 1 aliphatic carbocycles. The van der Waals surface area contributed by atoms with Crippen molar-refractivity contribution in [3.8, 4) is 5.75 Å². The summed E-state index contributed by atoms with van der Waals surface area (Å²) in [6.45, 7) is 1.31. The standard InChI is InChI=1S/C18H14N2O5/c1-10(21)16-17(19-14-5-3-4-6-15(14)25-2)12-8-7-11(20(23)24)9-13(12)18(16)22/h3-9,16H,1-2H3/t16-/m0/s1. The van der Waals surface area contributed by atoms with Crippen LogP contribution in [0.15, 0.2) is 47.5 Å². The summed E-state index contributed by atoms with van der Waals surface area (Å²) in [5.74, 6) is -1.40. The van der Waals surface area contributed by atoms with Crippen LogP contribution >= 0.6 is 0 Å². The molecule has 126 valence electrons. The number of ether oxygens (including phenoxy) is 1. The Bertz CT molecular complexity index is 933. The highest BCUT2D eigenvalue weighted by Gasteiger charge is 2.40. The van der Waals surface area contributed by atoms with E-state index in [1.54, 1.807) is 24.3 Å². The van der Waals surface area contributed by atoms with E-state index in [4.69, 9.17) is 4.74 Å². The van der Waals surface area contributed by atoms with Crippen LogP contribution in [-0.4, -0.2) is 29.3 Å². The molecule has 3 rings (SSSR count). The molecule has 0 spiro atoms. The predicted molar refractivity (Wildman–Crippen MR) is 90.8 cm³/mol. The Hall–Kier alpha value is -3.35. The lowest BCUT2D eigenvalue weighted by Gasteiger charge is -2.09. The maximum absolute atomic E-state index is 12.6. The van der Waals surface area contributed by atoms with Crippen LogP contribution in [0.1, 0.15) is 22.8 Å². The van der Waals surface area contributed by atoms with Crippen LogP contribution in [0.5, 0.6) is 5.75 Å². The number of nitro benzene ring substituents is 1. The van der Waals surface area contributed by atoms with Gasteiger partial charge in [0.2, 0.25) is 0 Å². The molecule has 25 heavy (non-hydrogen) atoms. The molecule has 0 bridgehead atoms. The van der Waals surface area contributed by atoms with Crippen LogP contribution in [0, 0.1) is 16.0 Å². The first kappa shape index (κ1) is 16.5. The van der Waals surface area contributed by atoms with Gasteiger partial charge in [-0.3, -0.25) is 19.7 Å². The minimum absolute atomic E-state index is 0.142. The molecular weight excluding hydrogens is 324 g/mol. The van der Waals surface area contributed by atoms with E-state index in [2.05, 4.69) is 4.99 Å². The van der Waals surface area contributed by atoms with Crippen molar-refractivity contribution in [1.29, 1.82) is 0 Å². The van der Waals surface area contributed by atoms with Crippen molar-refractivity contribution < 1.29 is 19.2 Å². The summed E-state index contributed by atoms with van der Waals surface area (Å²) in [6, 6.07) is 10.9. The van der Waals surface area contributed by atoms with Crippen molar-refractivity contribution in [1.82, 2.24) is 0 Å². The molecule has 0 amide bonds. The Kier molecular flexibility index (Phi) is 4.14. The lowest BCUT2D eigenvalue weighted by molar-refractivity contribution is -0.384. The van der Waals surface area contributed by atoms with Gasteiger partial charge in [-0.2, -0.15) is 0 Å². The zero-order valence-electron chi connectivity index (χ0n) is 13.6. The fourth-order valence-corrected chi connectivity index (χ4v) is 2.86. The normalized spacial score (nSPS) is 17.4. The molecule has 1 atom stereocenters. The molecule has 7 nitrogen and oxygen atoms in total. The quantitative estimate of drug-likeness (QED) is 0.484. The van der Waals surface area contributed by atoms with Crippen molar-refractivity contribution in [3.05, 3.63) is 63.7 Å². The summed E-state index contributed by atoms with van der Waals surface area (Å²) >= 11 is 0. The number of para-hydroxylation sites is 2. The second-order valence-electron chi connectivity index (χ2n) is 5.56. The summed E-state index contributed by atoms with van der Waals surface area (Å²) in [4.78, 5) is 39.5. The number of carbonyl (C=O) groups is 2. The van der Waals surface area contributed by atoms with Gasteiger partial charge in [-0.1, -0.05) is 12.1 Å². The Morgan fingerprint density at radius 2 is 1.92 bits per heavy atom. The number of carbonyl (C=O) groups excluding carboxylic acids is 2. The Labute approximate surface area is 143 Å². The Morgan fingerprint density at radius 3 is 2.56 bits per heavy atom. The first-order chi connectivity index (χ1) is 11.9. The summed E-state index contributed by atoms with van der Waals surface area (Å²) < 4.78 is 5.25. The number of hydrogen-bond acceptors (Lipinski definition) is 6. The third-order valence-electron chi connectivity index (χ3n) is 4.02. The number of ketones is 2. The zero-order valence-corrected chi connectivity index (χ0v) is 13.6. The van der Waals surface area contributed by atoms with Crippen molar-refractivity contribution in [3.63, 3.8) is 0 Å². The van der Waals surface area contributed by atoms with Crippen molar-refractivity contribution in [2.45, 2.75) is 6.92 Å². The summed E-state index contributed by atoms with van der Waals surface area (Å²) in [5.41, 5.74) is 1.13. The van der Waals surface area contributed by atoms with Crippen molar-refractivity contribution >= 4 is 28.7 Å². The third-order valence-corrected chi connectivity index (χ3v) is 4.02. The van der Waals surface area contributed by atoms with Gasteiger partial charge >= 0.3 is 0 Å². The second-order valence-corrected chi connectivity index (χ2v) is 5.56. The number of non-ortho nitro benzene ring substituents is 1. The molecule has 0 N–H and O–H groups in total. The molecule has 0 radical (unpaired) electrons. The fraction of sp³-hybridized carbons (Fsp3) is 0.167. The van der Waals surface area contributed by atoms with Gasteiger partial charge in [-0.25, -0.2) is 4.99 Å². The van der Waals surface area contributed by atoms with Crippen LogP contribution in [0.3, 0.4) is 0 Å². The fourth-order valence-electron chi connectivity index (χ4n) is 2.86. The van der Waals surface area contributed by atoms with E-state index in [1.165, 1.54) is 32.2 Å². The smallest absolute Gasteiger partial charge is 0.270 e. The Morgan fingerprint density at radius 1 is 1.20 bits per heavy atom. The number of rotatable bonds is 4. The van der Waals surface area contributed by atoms with Crippen LogP contribution in [0.25, 0.3) is 0 Å². The van der Waals surface area contributed by atoms with E-state index in [1.807, 2.05) is 0 Å². The molecule has 0 aromatic heterocycles. The van der Waals surface area contributed by atoms with Gasteiger partial charge in [0.25, 0.3) is 5.69 Å². The molecule has 1 aliphatic rings. The van der Waals surface area contributed by atoms with Crippen molar-refractivity contribution in [2.75, 3.05) is 7.11 Å². The van der Waals surface area contributed by atoms with E-state index >= 15 is 0 Å². The molecular formula is C18H14N2O5. The van der Waals surface area contributed by atoms with E-state index in [9.17, 15) is 19.7 Å². The van der Waals surface area contributed by atoms with E-state index < -0.39 is 16.6 Å². The number of nitrogens with zero attached hydrogens (tertiary/aromatic N) is 2. The minimum Gasteiger partial charge on any atom is -0.494 e. The maximum Gasteiger partial charge on any atom is 0.270 e. The first-order valence-electron chi connectivity index (χ1n) is 7.49. The van der Waals surface area contributed by atoms with E-state index in [0.717, 1.165) is 0 Å². The van der Waals surface area contributed by atoms with Gasteiger partial charge in [0, 0.05) is 23.3 Å². The number of hydrogen-bond donors (Lipinski definition) is 0. The SMILES string of the molecule is COc1ccccc1N=C1c2ccc([N+](=O)[O-])cc2C(=O)[C@H]1C(C)=O. The highest BCUT2D eigenvalue weighted by Crippen LogP contribution is 2.35. The van der Waals surface area contributed by atoms with Crippen LogP contribution in [0.2, 0.25) is 0 Å². The van der Waals surface area contributed by atoms with Crippen LogP contribution < -0.4 is 4.74 Å². The molecule has 0 saturated heterocycles. The van der Waals surface area contributed by atoms with Gasteiger partial charge in [0.1, 0.15) is 23.1 Å². The molecule has 0 saturated carbocycles. The maximum atomic E-state index is 12.6. The number of Topliss-reactive ketones (excluding diaryl/α,β-unsaturated/α-hetero) is 2. The largest absolute Gasteiger partial charge is 0.494 e. The predicted octanol–water partition coefficient (Wildman–Crippen LogP) is 3.13. The molecule has 0 fully saturated rings. The third kappa shape index (κ3) is 2.80. The summed E-state index contributed by atoms with van der Waals surface area (Å²) in [6.07, 6.45) is 0. The van der Waals surface area contributed by atoms with Gasteiger partial charge in [0.05, 0.1) is 17.7 Å². The molecule has 2 aromatic rings. The van der Waals surface area contributed by atoms with Gasteiger partial charge in [0.15, 0.2) is 5.78 Å². The summed E-state index contributed by atoms with van der Waals surface area (Å²) in [7, 11) is 1.50. The minimum atomic E-state index is -1.07. The van der Waals surface area contributed by atoms with Gasteiger partial charge in [-0.05, 0) is 25.1 Å². The van der Waals surface area contributed by atoms with Gasteiger partial charge in [-0.15, -0.1) is 0 Å². The van der Waals surface area contributed by atoms with Crippen LogP contribution in [0.4, 0.5) is 11.4 Å². The number of aliphatic imine (C=N–C) groups is 1. The number of fused-ring (bicyclic) bond motifs is 1. The topological polar surface area (TPSA) is 98.9 Å². The second kappa shape index (κ2) is 6.27. The Balaban J connectivity index is 2.21. The molecule has 0 aliphatic heterocycles. The lowest BCUT2D eigenvalue weighted by Crippen LogP contribution is -2.23. The lowest BCUT2D eigenvalue weighted by atomic mass is 9.99. The molecule has 7 heteroatoms. The van der Waals surface area contributed by atoms with Gasteiger partial charge < -0.3 is 4.74 Å². The van der Waals surface area contributed by atoms with E-state index in [0.29, 0.717) is 17.0 Å². The van der Waals surface area contributed by atoms with E-state index in [-0.39, 0.29) is 22.7 Å².